The largest absolute Gasteiger partial charge is 0.506 e. The maximum absolute atomic E-state index is 10.2. The molecule has 0 amide bonds. The highest BCUT2D eigenvalue weighted by Crippen LogP contribution is 2.40. The highest BCUT2D eigenvalue weighted by molar-refractivity contribution is 5.43. The summed E-state index contributed by atoms with van der Waals surface area (Å²) in [6.07, 6.45) is 5.51. The molecule has 1 aromatic rings. The first-order chi connectivity index (χ1) is 8.27. The minimum absolute atomic E-state index is 0.0630. The van der Waals surface area contributed by atoms with E-state index in [0.717, 1.165) is 24.2 Å². The molecule has 2 aliphatic rings. The lowest BCUT2D eigenvalue weighted by Crippen LogP contribution is -2.33. The predicted octanol–water partition coefficient (Wildman–Crippen LogP) is 2.11. The van der Waals surface area contributed by atoms with Crippen molar-refractivity contribution in [2.75, 3.05) is 13.1 Å². The summed E-state index contributed by atoms with van der Waals surface area (Å²) in [6, 6.07) is 0. The third-order valence-electron chi connectivity index (χ3n) is 3.72. The molecule has 0 aliphatic carbocycles. The van der Waals surface area contributed by atoms with Crippen molar-refractivity contribution in [1.29, 1.82) is 0 Å². The lowest BCUT2D eigenvalue weighted by Gasteiger charge is -2.32. The predicted molar refractivity (Wildman–Crippen MR) is 63.6 cm³/mol. The Morgan fingerprint density at radius 1 is 1.35 bits per heavy atom. The van der Waals surface area contributed by atoms with Crippen LogP contribution in [-0.4, -0.2) is 28.1 Å². The van der Waals surface area contributed by atoms with Gasteiger partial charge in [0.2, 0.25) is 0 Å². The molecule has 1 aromatic heterocycles. The Balaban J connectivity index is 1.94. The van der Waals surface area contributed by atoms with Gasteiger partial charge in [-0.15, -0.1) is 0 Å². The first-order valence-corrected chi connectivity index (χ1v) is 6.30. The number of hydrogen-bond acceptors (Lipinski definition) is 4. The third kappa shape index (κ3) is 1.81. The fraction of sp³-hybridized carbons (Fsp3) is 0.615. The van der Waals surface area contributed by atoms with Crippen molar-refractivity contribution in [3.63, 3.8) is 0 Å². The third-order valence-corrected chi connectivity index (χ3v) is 3.72. The van der Waals surface area contributed by atoms with Gasteiger partial charge in [0.1, 0.15) is 12.0 Å². The molecule has 92 valence electrons. The van der Waals surface area contributed by atoms with Crippen LogP contribution < -0.4 is 0 Å². The van der Waals surface area contributed by atoms with Crippen LogP contribution in [-0.2, 0) is 11.3 Å². The molecule has 0 bridgehead atoms. The minimum Gasteiger partial charge on any atom is -0.506 e. The number of ether oxygens (including phenoxy) is 1. The van der Waals surface area contributed by atoms with Crippen molar-refractivity contribution in [3.05, 3.63) is 23.0 Å². The molecule has 2 aliphatic heterocycles. The molecule has 3 rings (SSSR count). The van der Waals surface area contributed by atoms with Crippen LogP contribution >= 0.6 is 0 Å². The molecule has 0 radical (unpaired) electrons. The van der Waals surface area contributed by atoms with Gasteiger partial charge in [-0.3, -0.25) is 9.88 Å². The molecular weight excluding hydrogens is 216 g/mol. The topological polar surface area (TPSA) is 45.6 Å². The van der Waals surface area contributed by atoms with Crippen LogP contribution in [0, 0.1) is 6.92 Å². The first kappa shape index (κ1) is 11.0. The summed E-state index contributed by atoms with van der Waals surface area (Å²) in [6.45, 7) is 4.52. The van der Waals surface area contributed by atoms with E-state index in [1.807, 2.05) is 13.1 Å². The summed E-state index contributed by atoms with van der Waals surface area (Å²) >= 11 is 0. The van der Waals surface area contributed by atoms with Crippen LogP contribution in [0.2, 0.25) is 0 Å². The Morgan fingerprint density at radius 3 is 2.88 bits per heavy atom. The molecule has 0 spiro atoms. The Kier molecular flexibility index (Phi) is 2.76. The Labute approximate surface area is 101 Å². The van der Waals surface area contributed by atoms with E-state index in [-0.39, 0.29) is 6.23 Å². The smallest absolute Gasteiger partial charge is 0.144 e. The second-order valence-corrected chi connectivity index (χ2v) is 4.89. The SMILES string of the molecule is Cc1ncc2c(c1O)C(N1CCCCC1)OC2. The highest BCUT2D eigenvalue weighted by Gasteiger charge is 2.33. The standard InChI is InChI=1S/C13H18N2O2/c1-9-12(16)11-10(7-14-9)8-17-13(11)15-5-3-2-4-6-15/h7,13,16H,2-6,8H2,1H3. The number of aryl methyl sites for hydroxylation is 1. The molecule has 17 heavy (non-hydrogen) atoms. The maximum atomic E-state index is 10.2. The number of nitrogens with zero attached hydrogens (tertiary/aromatic N) is 2. The van der Waals surface area contributed by atoms with Crippen molar-refractivity contribution < 1.29 is 9.84 Å². The molecular formula is C13H18N2O2. The van der Waals surface area contributed by atoms with Crippen molar-refractivity contribution in [3.8, 4) is 5.75 Å². The van der Waals surface area contributed by atoms with Crippen LogP contribution in [0.4, 0.5) is 0 Å². The zero-order valence-corrected chi connectivity index (χ0v) is 10.1. The number of aromatic hydroxyl groups is 1. The molecule has 0 saturated carbocycles. The summed E-state index contributed by atoms with van der Waals surface area (Å²) < 4.78 is 5.82. The van der Waals surface area contributed by atoms with Gasteiger partial charge in [0.15, 0.2) is 0 Å². The van der Waals surface area contributed by atoms with Crippen molar-refractivity contribution in [2.24, 2.45) is 0 Å². The molecule has 0 aromatic carbocycles. The summed E-state index contributed by atoms with van der Waals surface area (Å²) in [5.41, 5.74) is 2.67. The summed E-state index contributed by atoms with van der Waals surface area (Å²) in [5.74, 6) is 0.315. The fourth-order valence-electron chi connectivity index (χ4n) is 2.74. The fourth-order valence-corrected chi connectivity index (χ4v) is 2.74. The Morgan fingerprint density at radius 2 is 2.12 bits per heavy atom. The molecule has 1 unspecified atom stereocenters. The maximum Gasteiger partial charge on any atom is 0.144 e. The van der Waals surface area contributed by atoms with Crippen LogP contribution in [0.5, 0.6) is 5.75 Å². The number of fused-ring (bicyclic) bond motifs is 1. The zero-order chi connectivity index (χ0) is 11.8. The number of rotatable bonds is 1. The van der Waals surface area contributed by atoms with Crippen LogP contribution in [0.3, 0.4) is 0 Å². The average Bonchev–Trinajstić information content (AvgIpc) is 2.79. The van der Waals surface area contributed by atoms with E-state index in [2.05, 4.69) is 9.88 Å². The van der Waals surface area contributed by atoms with Gasteiger partial charge in [0, 0.05) is 30.4 Å². The lowest BCUT2D eigenvalue weighted by molar-refractivity contribution is -0.0605. The van der Waals surface area contributed by atoms with E-state index in [1.54, 1.807) is 0 Å². The quantitative estimate of drug-likeness (QED) is 0.808. The van der Waals surface area contributed by atoms with Gasteiger partial charge in [0.05, 0.1) is 12.3 Å². The van der Waals surface area contributed by atoms with Gasteiger partial charge >= 0.3 is 0 Å². The lowest BCUT2D eigenvalue weighted by atomic mass is 10.1. The Hall–Kier alpha value is -1.13. The molecule has 1 fully saturated rings. The van der Waals surface area contributed by atoms with Crippen molar-refractivity contribution >= 4 is 0 Å². The molecule has 3 heterocycles. The highest BCUT2D eigenvalue weighted by atomic mass is 16.5. The summed E-state index contributed by atoms with van der Waals surface area (Å²) in [4.78, 5) is 6.51. The van der Waals surface area contributed by atoms with Gasteiger partial charge in [-0.25, -0.2) is 0 Å². The van der Waals surface area contributed by atoms with E-state index >= 15 is 0 Å². The monoisotopic (exact) mass is 234 g/mol. The zero-order valence-electron chi connectivity index (χ0n) is 10.1. The summed E-state index contributed by atoms with van der Waals surface area (Å²) in [7, 11) is 0. The van der Waals surface area contributed by atoms with E-state index in [4.69, 9.17) is 4.74 Å². The second-order valence-electron chi connectivity index (χ2n) is 4.89. The van der Waals surface area contributed by atoms with Crippen LogP contribution in [0.25, 0.3) is 0 Å². The van der Waals surface area contributed by atoms with Crippen molar-refractivity contribution in [2.45, 2.75) is 39.0 Å². The molecule has 4 heteroatoms. The number of hydrogen-bond donors (Lipinski definition) is 1. The van der Waals surface area contributed by atoms with E-state index in [0.29, 0.717) is 18.1 Å². The van der Waals surface area contributed by atoms with Crippen LogP contribution in [0.15, 0.2) is 6.20 Å². The molecule has 1 atom stereocenters. The second kappa shape index (κ2) is 4.27. The minimum atomic E-state index is -0.0630. The van der Waals surface area contributed by atoms with Gasteiger partial charge in [-0.2, -0.15) is 0 Å². The number of aromatic nitrogens is 1. The number of piperidine rings is 1. The van der Waals surface area contributed by atoms with E-state index < -0.39 is 0 Å². The molecule has 4 nitrogen and oxygen atoms in total. The van der Waals surface area contributed by atoms with Gasteiger partial charge in [-0.1, -0.05) is 6.42 Å². The molecule has 1 N–H and O–H groups in total. The first-order valence-electron chi connectivity index (χ1n) is 6.30. The average molecular weight is 234 g/mol. The van der Waals surface area contributed by atoms with Gasteiger partial charge in [-0.05, 0) is 19.8 Å². The van der Waals surface area contributed by atoms with Crippen LogP contribution in [0.1, 0.15) is 42.3 Å². The van der Waals surface area contributed by atoms with E-state index in [1.165, 1.54) is 19.3 Å². The normalized spacial score (nSPS) is 24.9. The van der Waals surface area contributed by atoms with Crippen molar-refractivity contribution in [1.82, 2.24) is 9.88 Å². The number of likely N-dealkylation sites (tertiary alicyclic amines) is 1. The number of pyridine rings is 1. The van der Waals surface area contributed by atoms with Gasteiger partial charge in [0.25, 0.3) is 0 Å². The van der Waals surface area contributed by atoms with Gasteiger partial charge < -0.3 is 9.84 Å². The summed E-state index contributed by atoms with van der Waals surface area (Å²) in [5, 5.41) is 10.2. The molecule has 1 saturated heterocycles. The Bertz CT molecular complexity index is 428. The van der Waals surface area contributed by atoms with E-state index in [9.17, 15) is 5.11 Å².